The van der Waals surface area contributed by atoms with E-state index in [1.54, 1.807) is 18.7 Å². The maximum atomic E-state index is 11.5. The number of ether oxygens (including phenoxy) is 1. The van der Waals surface area contributed by atoms with E-state index < -0.39 is 5.60 Å². The third-order valence-corrected chi connectivity index (χ3v) is 9.23. The molecule has 5 rings (SSSR count). The van der Waals surface area contributed by atoms with Crippen LogP contribution in [0.4, 0.5) is 0 Å². The molecule has 2 atom stereocenters. The molecule has 0 aliphatic heterocycles. The van der Waals surface area contributed by atoms with Gasteiger partial charge in [0.05, 0.1) is 17.8 Å². The number of hydrogen-bond donors (Lipinski definition) is 2. The molecule has 1 aromatic heterocycles. The lowest BCUT2D eigenvalue weighted by atomic mass is 9.81. The Morgan fingerprint density at radius 1 is 1.10 bits per heavy atom. The number of aliphatic hydroxyl groups is 2. The van der Waals surface area contributed by atoms with Gasteiger partial charge in [0.1, 0.15) is 11.2 Å². The first-order valence-electron chi connectivity index (χ1n) is 14.2. The second-order valence-electron chi connectivity index (χ2n) is 11.3. The van der Waals surface area contributed by atoms with Gasteiger partial charge < -0.3 is 14.9 Å². The van der Waals surface area contributed by atoms with Crippen molar-refractivity contribution in [1.82, 2.24) is 4.98 Å². The van der Waals surface area contributed by atoms with Gasteiger partial charge in [0.2, 0.25) is 0 Å². The summed E-state index contributed by atoms with van der Waals surface area (Å²) in [6, 6.07) is 26.0. The molecule has 1 fully saturated rings. The molecule has 1 aliphatic carbocycles. The van der Waals surface area contributed by atoms with Crippen LogP contribution < -0.4 is 0 Å². The molecule has 218 valence electrons. The Morgan fingerprint density at radius 3 is 2.64 bits per heavy atom. The van der Waals surface area contributed by atoms with Crippen molar-refractivity contribution in [3.63, 3.8) is 0 Å². The van der Waals surface area contributed by atoms with E-state index in [1.807, 2.05) is 60.7 Å². The van der Waals surface area contributed by atoms with Crippen LogP contribution in [0.2, 0.25) is 5.02 Å². The zero-order chi connectivity index (χ0) is 29.7. The molecular formula is C35H36ClNO4S. The quantitative estimate of drug-likeness (QED) is 0.128. The van der Waals surface area contributed by atoms with Gasteiger partial charge in [-0.15, -0.1) is 0 Å². The first-order chi connectivity index (χ1) is 20.2. The summed E-state index contributed by atoms with van der Waals surface area (Å²) < 4.78 is 5.57. The first kappa shape index (κ1) is 30.3. The third-order valence-electron chi connectivity index (χ3n) is 7.74. The highest BCUT2D eigenvalue weighted by molar-refractivity contribution is 7.99. The third kappa shape index (κ3) is 7.42. The maximum absolute atomic E-state index is 11.5. The van der Waals surface area contributed by atoms with Crippen molar-refractivity contribution in [1.29, 1.82) is 0 Å². The Morgan fingerprint density at radius 2 is 1.88 bits per heavy atom. The zero-order valence-electron chi connectivity index (χ0n) is 23.9. The van der Waals surface area contributed by atoms with Crippen LogP contribution in [0.1, 0.15) is 67.0 Å². The normalized spacial score (nSPS) is 16.3. The summed E-state index contributed by atoms with van der Waals surface area (Å²) in [4.78, 5) is 16.3. The van der Waals surface area contributed by atoms with Gasteiger partial charge in [0.25, 0.3) is 0 Å². The van der Waals surface area contributed by atoms with E-state index in [-0.39, 0.29) is 24.1 Å². The van der Waals surface area contributed by atoms with Gasteiger partial charge >= 0.3 is 5.97 Å². The molecule has 4 aromatic rings. The Balaban J connectivity index is 1.41. The van der Waals surface area contributed by atoms with Crippen LogP contribution in [0.25, 0.3) is 23.1 Å². The van der Waals surface area contributed by atoms with E-state index in [0.717, 1.165) is 69.6 Å². The Labute approximate surface area is 256 Å². The van der Waals surface area contributed by atoms with Crippen molar-refractivity contribution >= 4 is 52.4 Å². The topological polar surface area (TPSA) is 79.7 Å². The van der Waals surface area contributed by atoms with Gasteiger partial charge in [0, 0.05) is 29.0 Å². The number of fused-ring (bicyclic) bond motifs is 1. The molecule has 1 heterocycles. The highest BCUT2D eigenvalue weighted by Crippen LogP contribution is 2.43. The van der Waals surface area contributed by atoms with Crippen LogP contribution in [-0.2, 0) is 15.1 Å². The summed E-state index contributed by atoms with van der Waals surface area (Å²) in [5.74, 6) is 1.40. The minimum atomic E-state index is -1.36. The highest BCUT2D eigenvalue weighted by Gasteiger charge is 2.46. The van der Waals surface area contributed by atoms with Crippen LogP contribution in [0, 0.1) is 0 Å². The number of esters is 1. The van der Waals surface area contributed by atoms with Crippen molar-refractivity contribution < 1.29 is 19.7 Å². The van der Waals surface area contributed by atoms with Crippen LogP contribution in [0.5, 0.6) is 0 Å². The van der Waals surface area contributed by atoms with Gasteiger partial charge in [-0.3, -0.25) is 4.79 Å². The Bertz CT molecular complexity index is 1600. The molecule has 1 aliphatic rings. The molecule has 0 bridgehead atoms. The number of thioether (sulfide) groups is 1. The number of halogens is 1. The van der Waals surface area contributed by atoms with Crippen LogP contribution in [0.3, 0.4) is 0 Å². The largest absolute Gasteiger partial charge is 0.458 e. The van der Waals surface area contributed by atoms with E-state index in [9.17, 15) is 15.0 Å². The van der Waals surface area contributed by atoms with Gasteiger partial charge in [-0.1, -0.05) is 78.3 Å². The number of carbonyl (C=O) groups excluding carboxylic acids is 1. The minimum Gasteiger partial charge on any atom is -0.458 e. The lowest BCUT2D eigenvalue weighted by Crippen LogP contribution is -2.28. The second kappa shape index (κ2) is 13.0. The molecule has 2 unspecified atom stereocenters. The summed E-state index contributed by atoms with van der Waals surface area (Å²) in [5, 5.41) is 22.8. The average molecular weight is 602 g/mol. The summed E-state index contributed by atoms with van der Waals surface area (Å²) in [5.41, 5.74) is 3.90. The fourth-order valence-corrected chi connectivity index (χ4v) is 6.75. The van der Waals surface area contributed by atoms with Crippen molar-refractivity contribution in [2.75, 3.05) is 18.1 Å². The Kier molecular flexibility index (Phi) is 9.38. The lowest BCUT2D eigenvalue weighted by molar-refractivity contribution is -0.147. The smallest absolute Gasteiger partial charge is 0.303 e. The number of pyridine rings is 1. The zero-order valence-corrected chi connectivity index (χ0v) is 25.5. The molecule has 0 radical (unpaired) electrons. The summed E-state index contributed by atoms with van der Waals surface area (Å²) in [6.45, 7) is 2.75. The fraction of sp³-hybridized carbons (Fsp3) is 0.314. The van der Waals surface area contributed by atoms with Crippen LogP contribution in [0.15, 0.2) is 78.9 Å². The standard InChI is InChI=1S/C35H36ClNO4S/c1-24(39)41-35(17-18-35)23-42-19-16-30(31-8-3-4-9-32(31)34(2,40)22-38)27-7-5-6-25(20-27)10-14-29-15-12-26-11-13-28(36)21-33(26)37-29/h3-15,20-21,30,38,40H,16-19,22-23H2,1-2H3. The molecule has 0 spiro atoms. The van der Waals surface area contributed by atoms with E-state index in [1.165, 1.54) is 6.92 Å². The molecule has 0 amide bonds. The molecule has 0 saturated heterocycles. The van der Waals surface area contributed by atoms with E-state index in [0.29, 0.717) is 5.02 Å². The summed E-state index contributed by atoms with van der Waals surface area (Å²) in [7, 11) is 0. The van der Waals surface area contributed by atoms with Crippen molar-refractivity contribution in [2.45, 2.75) is 50.2 Å². The van der Waals surface area contributed by atoms with Gasteiger partial charge in [-0.25, -0.2) is 4.98 Å². The molecule has 42 heavy (non-hydrogen) atoms. The van der Waals surface area contributed by atoms with Gasteiger partial charge in [-0.05, 0) is 78.5 Å². The number of nitrogens with zero attached hydrogens (tertiary/aromatic N) is 1. The SMILES string of the molecule is CC(=O)OC1(CSCCC(c2cccc(C=Cc3ccc4ccc(Cl)cc4n3)c2)c2ccccc2C(C)(O)CO)CC1. The second-order valence-corrected chi connectivity index (χ2v) is 12.8. The number of rotatable bonds is 12. The van der Waals surface area contributed by atoms with Crippen molar-refractivity contribution in [3.8, 4) is 0 Å². The summed E-state index contributed by atoms with van der Waals surface area (Å²) in [6.07, 6.45) is 6.70. The van der Waals surface area contributed by atoms with E-state index >= 15 is 0 Å². The molecule has 2 N–H and O–H groups in total. The van der Waals surface area contributed by atoms with E-state index in [4.69, 9.17) is 21.3 Å². The predicted molar refractivity (Wildman–Crippen MR) is 173 cm³/mol. The fourth-order valence-electron chi connectivity index (χ4n) is 5.32. The first-order valence-corrected chi connectivity index (χ1v) is 15.8. The van der Waals surface area contributed by atoms with Crippen molar-refractivity contribution in [3.05, 3.63) is 112 Å². The summed E-state index contributed by atoms with van der Waals surface area (Å²) >= 11 is 7.97. The lowest BCUT2D eigenvalue weighted by Gasteiger charge is -2.28. The molecule has 1 saturated carbocycles. The number of benzene rings is 3. The Hall–Kier alpha value is -3.16. The predicted octanol–water partition coefficient (Wildman–Crippen LogP) is 7.61. The van der Waals surface area contributed by atoms with E-state index in [2.05, 4.69) is 30.3 Å². The molecule has 5 nitrogen and oxygen atoms in total. The highest BCUT2D eigenvalue weighted by atomic mass is 35.5. The van der Waals surface area contributed by atoms with Crippen molar-refractivity contribution in [2.24, 2.45) is 0 Å². The van der Waals surface area contributed by atoms with Crippen LogP contribution >= 0.6 is 23.4 Å². The molecule has 3 aromatic carbocycles. The minimum absolute atomic E-state index is 0.00936. The van der Waals surface area contributed by atoms with Crippen LogP contribution in [-0.4, -0.2) is 44.9 Å². The number of hydrogen-bond acceptors (Lipinski definition) is 6. The number of aliphatic hydroxyl groups excluding tert-OH is 1. The average Bonchev–Trinajstić information content (AvgIpc) is 3.74. The molecular weight excluding hydrogens is 566 g/mol. The molecule has 7 heteroatoms. The maximum Gasteiger partial charge on any atom is 0.303 e. The van der Waals surface area contributed by atoms with Gasteiger partial charge in [-0.2, -0.15) is 11.8 Å². The monoisotopic (exact) mass is 601 g/mol. The number of aromatic nitrogens is 1. The van der Waals surface area contributed by atoms with Gasteiger partial charge in [0.15, 0.2) is 0 Å². The number of carbonyl (C=O) groups is 1.